The van der Waals surface area contributed by atoms with Crippen LogP contribution >= 0.6 is 0 Å². The Morgan fingerprint density at radius 1 is 0.808 bits per heavy atom. The van der Waals surface area contributed by atoms with Crippen molar-refractivity contribution in [2.45, 2.75) is 58.3 Å². The van der Waals surface area contributed by atoms with E-state index in [0.717, 1.165) is 12.0 Å². The number of hydrogen-bond acceptors (Lipinski definition) is 1. The van der Waals surface area contributed by atoms with Gasteiger partial charge in [0.25, 0.3) is 0 Å². The Hall–Kier alpha value is -2.58. The molecule has 0 bridgehead atoms. The van der Waals surface area contributed by atoms with Crippen molar-refractivity contribution < 1.29 is 4.39 Å². The van der Waals surface area contributed by atoms with Gasteiger partial charge in [0.2, 0.25) is 0 Å². The van der Waals surface area contributed by atoms with Gasteiger partial charge in [-0.15, -0.1) is 0 Å². The summed E-state index contributed by atoms with van der Waals surface area (Å²) in [6.45, 7) is 2.25. The number of aryl methyl sites for hydroxylation is 1. The van der Waals surface area contributed by atoms with Gasteiger partial charge in [-0.3, -0.25) is 0 Å². The molecule has 0 atom stereocenters. The lowest BCUT2D eigenvalue weighted by molar-refractivity contribution is 0.589. The van der Waals surface area contributed by atoms with Gasteiger partial charge in [0.15, 0.2) is 0 Å². The van der Waals surface area contributed by atoms with E-state index in [0.29, 0.717) is 5.56 Å². The SMILES string of the molecule is CCCCCCCCCc1ccc(C#Cc2ccc(C#N)c(F)c2)cc1. The summed E-state index contributed by atoms with van der Waals surface area (Å²) >= 11 is 0. The summed E-state index contributed by atoms with van der Waals surface area (Å²) in [7, 11) is 0. The lowest BCUT2D eigenvalue weighted by Crippen LogP contribution is -1.87. The van der Waals surface area contributed by atoms with E-state index in [1.165, 1.54) is 62.6 Å². The van der Waals surface area contributed by atoms with Gasteiger partial charge in [0.1, 0.15) is 11.9 Å². The van der Waals surface area contributed by atoms with Crippen LogP contribution in [0.4, 0.5) is 4.39 Å². The van der Waals surface area contributed by atoms with Crippen LogP contribution in [0, 0.1) is 29.0 Å². The first-order valence-electron chi connectivity index (χ1n) is 9.53. The molecule has 0 unspecified atom stereocenters. The second-order valence-electron chi connectivity index (χ2n) is 6.62. The average molecular weight is 347 g/mol. The largest absolute Gasteiger partial charge is 0.206 e. The van der Waals surface area contributed by atoms with E-state index in [4.69, 9.17) is 5.26 Å². The molecule has 0 heterocycles. The molecule has 0 radical (unpaired) electrons. The quantitative estimate of drug-likeness (QED) is 0.401. The first-order chi connectivity index (χ1) is 12.7. The van der Waals surface area contributed by atoms with Crippen LogP contribution in [0.15, 0.2) is 42.5 Å². The van der Waals surface area contributed by atoms with Gasteiger partial charge in [0, 0.05) is 11.1 Å². The van der Waals surface area contributed by atoms with E-state index in [-0.39, 0.29) is 5.56 Å². The van der Waals surface area contributed by atoms with Crippen LogP contribution in [0.5, 0.6) is 0 Å². The van der Waals surface area contributed by atoms with Crippen molar-refractivity contribution in [1.82, 2.24) is 0 Å². The summed E-state index contributed by atoms with van der Waals surface area (Å²) in [6.07, 6.45) is 10.4. The van der Waals surface area contributed by atoms with Gasteiger partial charge in [-0.1, -0.05) is 69.4 Å². The summed E-state index contributed by atoms with van der Waals surface area (Å²) < 4.78 is 13.6. The summed E-state index contributed by atoms with van der Waals surface area (Å²) in [4.78, 5) is 0. The first-order valence-corrected chi connectivity index (χ1v) is 9.53. The van der Waals surface area contributed by atoms with Gasteiger partial charge >= 0.3 is 0 Å². The fourth-order valence-corrected chi connectivity index (χ4v) is 2.87. The topological polar surface area (TPSA) is 23.8 Å². The van der Waals surface area contributed by atoms with Crippen molar-refractivity contribution in [1.29, 1.82) is 5.26 Å². The molecule has 2 heteroatoms. The molecule has 2 aromatic carbocycles. The second-order valence-corrected chi connectivity index (χ2v) is 6.62. The standard InChI is InChI=1S/C24H26FN/c1-2-3-4-5-6-7-8-9-20-10-12-21(13-11-20)14-15-22-16-17-23(19-26)24(25)18-22/h10-13,16-18H,2-9H2,1H3. The van der Waals surface area contributed by atoms with Crippen LogP contribution in [0.1, 0.15) is 74.1 Å². The zero-order valence-corrected chi connectivity index (χ0v) is 15.5. The summed E-state index contributed by atoms with van der Waals surface area (Å²) in [5.74, 6) is 5.48. The maximum absolute atomic E-state index is 13.6. The second kappa shape index (κ2) is 11.1. The van der Waals surface area contributed by atoms with E-state index in [1.54, 1.807) is 6.07 Å². The van der Waals surface area contributed by atoms with E-state index in [1.807, 2.05) is 18.2 Å². The van der Waals surface area contributed by atoms with Gasteiger partial charge < -0.3 is 0 Å². The van der Waals surface area contributed by atoms with Crippen LogP contribution in [-0.2, 0) is 6.42 Å². The smallest absolute Gasteiger partial charge is 0.142 e. The predicted molar refractivity (Wildman–Crippen MR) is 105 cm³/mol. The number of hydrogen-bond donors (Lipinski definition) is 0. The van der Waals surface area contributed by atoms with Crippen molar-refractivity contribution in [3.05, 3.63) is 70.5 Å². The minimum atomic E-state index is -0.524. The maximum atomic E-state index is 13.6. The molecule has 0 fully saturated rings. The van der Waals surface area contributed by atoms with Crippen molar-refractivity contribution in [3.8, 4) is 17.9 Å². The van der Waals surface area contributed by atoms with Crippen LogP contribution < -0.4 is 0 Å². The van der Waals surface area contributed by atoms with Crippen LogP contribution in [-0.4, -0.2) is 0 Å². The Morgan fingerprint density at radius 2 is 1.42 bits per heavy atom. The predicted octanol–water partition coefficient (Wildman–Crippen LogP) is 6.39. The van der Waals surface area contributed by atoms with E-state index in [2.05, 4.69) is 30.9 Å². The maximum Gasteiger partial charge on any atom is 0.142 e. The highest BCUT2D eigenvalue weighted by molar-refractivity contribution is 5.45. The van der Waals surface area contributed by atoms with Gasteiger partial charge in [0.05, 0.1) is 5.56 Å². The molecule has 0 aliphatic carbocycles. The van der Waals surface area contributed by atoms with Crippen molar-refractivity contribution >= 4 is 0 Å². The Balaban J connectivity index is 1.81. The molecule has 0 N–H and O–H groups in total. The number of nitrogens with zero attached hydrogens (tertiary/aromatic N) is 1. The molecule has 0 aromatic heterocycles. The number of benzene rings is 2. The van der Waals surface area contributed by atoms with Gasteiger partial charge in [-0.25, -0.2) is 4.39 Å². The molecular formula is C24H26FN. The first kappa shape index (κ1) is 19.7. The third kappa shape index (κ3) is 6.73. The third-order valence-corrected chi connectivity index (χ3v) is 4.46. The molecule has 0 spiro atoms. The Kier molecular flexibility index (Phi) is 8.44. The molecule has 0 saturated carbocycles. The lowest BCUT2D eigenvalue weighted by atomic mass is 10.0. The number of rotatable bonds is 8. The fraction of sp³-hybridized carbons (Fsp3) is 0.375. The highest BCUT2D eigenvalue weighted by atomic mass is 19.1. The minimum absolute atomic E-state index is 0.0465. The molecule has 0 aliphatic rings. The highest BCUT2D eigenvalue weighted by Gasteiger charge is 2.00. The molecule has 0 saturated heterocycles. The molecule has 1 nitrogen and oxygen atoms in total. The molecule has 0 amide bonds. The highest BCUT2D eigenvalue weighted by Crippen LogP contribution is 2.12. The van der Waals surface area contributed by atoms with E-state index >= 15 is 0 Å². The minimum Gasteiger partial charge on any atom is -0.206 e. The van der Waals surface area contributed by atoms with Crippen molar-refractivity contribution in [3.63, 3.8) is 0 Å². The fourth-order valence-electron chi connectivity index (χ4n) is 2.87. The lowest BCUT2D eigenvalue weighted by Gasteiger charge is -2.02. The number of unbranched alkanes of at least 4 members (excludes halogenated alkanes) is 6. The van der Waals surface area contributed by atoms with E-state index in [9.17, 15) is 4.39 Å². The summed E-state index contributed by atoms with van der Waals surface area (Å²) in [5, 5.41) is 8.74. The number of halogens is 1. The zero-order valence-electron chi connectivity index (χ0n) is 15.5. The molecular weight excluding hydrogens is 321 g/mol. The van der Waals surface area contributed by atoms with Crippen LogP contribution in [0.2, 0.25) is 0 Å². The monoisotopic (exact) mass is 347 g/mol. The van der Waals surface area contributed by atoms with Crippen LogP contribution in [0.25, 0.3) is 0 Å². The molecule has 26 heavy (non-hydrogen) atoms. The number of nitriles is 1. The molecule has 2 aromatic rings. The summed E-state index contributed by atoms with van der Waals surface area (Å²) in [5.41, 5.74) is 2.88. The van der Waals surface area contributed by atoms with Crippen molar-refractivity contribution in [2.75, 3.05) is 0 Å². The molecule has 2 rings (SSSR count). The molecule has 0 aliphatic heterocycles. The normalized spacial score (nSPS) is 10.0. The average Bonchev–Trinajstić information content (AvgIpc) is 2.66. The van der Waals surface area contributed by atoms with Gasteiger partial charge in [-0.05, 0) is 48.7 Å². The van der Waals surface area contributed by atoms with Crippen LogP contribution in [0.3, 0.4) is 0 Å². The Bertz CT molecular complexity index is 788. The summed E-state index contributed by atoms with van der Waals surface area (Å²) in [6, 6.07) is 14.5. The Morgan fingerprint density at radius 3 is 2.08 bits per heavy atom. The van der Waals surface area contributed by atoms with Gasteiger partial charge in [-0.2, -0.15) is 5.26 Å². The Labute approximate surface area is 156 Å². The van der Waals surface area contributed by atoms with E-state index < -0.39 is 5.82 Å². The van der Waals surface area contributed by atoms with Crippen molar-refractivity contribution in [2.24, 2.45) is 0 Å². The molecule has 134 valence electrons. The zero-order chi connectivity index (χ0) is 18.6. The third-order valence-electron chi connectivity index (χ3n) is 4.46.